The van der Waals surface area contributed by atoms with E-state index >= 15 is 0 Å². The molecule has 3 N–H and O–H groups in total. The van der Waals surface area contributed by atoms with Crippen molar-refractivity contribution < 1.29 is 34.0 Å². The molecule has 1 amide bonds. The predicted octanol–water partition coefficient (Wildman–Crippen LogP) is 2.19. The summed E-state index contributed by atoms with van der Waals surface area (Å²) in [6.45, 7) is 0.246. The minimum atomic E-state index is -1.27. The maximum Gasteiger partial charge on any atom is 0.407 e. The number of carbonyl (C=O) groups is 2. The van der Waals surface area contributed by atoms with E-state index in [1.165, 1.54) is 32.4 Å². The van der Waals surface area contributed by atoms with E-state index in [0.717, 1.165) is 5.56 Å². The Morgan fingerprint density at radius 2 is 1.79 bits per heavy atom. The average molecular weight is 403 g/mol. The summed E-state index contributed by atoms with van der Waals surface area (Å²) in [6.07, 6.45) is -2.96. The Morgan fingerprint density at radius 1 is 1.07 bits per heavy atom. The highest BCUT2D eigenvalue weighted by molar-refractivity contribution is 5.89. The number of esters is 1. The number of amides is 1. The van der Waals surface area contributed by atoms with Crippen molar-refractivity contribution in [1.82, 2.24) is 5.32 Å². The van der Waals surface area contributed by atoms with Gasteiger partial charge in [-0.2, -0.15) is 0 Å². The molecule has 0 aromatic heterocycles. The molecule has 2 unspecified atom stereocenters. The second-order valence-corrected chi connectivity index (χ2v) is 6.24. The number of alkyl carbamates (subject to hydrolysis) is 1. The van der Waals surface area contributed by atoms with E-state index in [4.69, 9.17) is 9.47 Å². The zero-order valence-corrected chi connectivity index (χ0v) is 16.3. The molecular weight excluding hydrogens is 378 g/mol. The van der Waals surface area contributed by atoms with Crippen molar-refractivity contribution in [3.05, 3.63) is 65.2 Å². The standard InChI is InChI=1S/C21H25NO7/c1-27-18-12-15(20(25)28-2)8-9-16(18)19(24)17(23)10-11-22-21(26)29-13-14-6-4-3-5-7-14/h3-9,12,17,19,23-24H,10-11,13H2,1-2H3,(H,22,26). The third-order valence-electron chi connectivity index (χ3n) is 4.26. The van der Waals surface area contributed by atoms with Crippen LogP contribution in [-0.4, -0.2) is 49.1 Å². The number of aliphatic hydroxyl groups excluding tert-OH is 2. The largest absolute Gasteiger partial charge is 0.496 e. The first-order valence-corrected chi connectivity index (χ1v) is 9.03. The lowest BCUT2D eigenvalue weighted by molar-refractivity contribution is 0.0123. The summed E-state index contributed by atoms with van der Waals surface area (Å²) in [6, 6.07) is 13.6. The van der Waals surface area contributed by atoms with Gasteiger partial charge in [0.15, 0.2) is 0 Å². The molecular formula is C21H25NO7. The quantitative estimate of drug-likeness (QED) is 0.550. The first kappa shape index (κ1) is 22.2. The summed E-state index contributed by atoms with van der Waals surface area (Å²) >= 11 is 0. The Kier molecular flexibility index (Phi) is 8.45. The van der Waals surface area contributed by atoms with Crippen LogP contribution < -0.4 is 10.1 Å². The van der Waals surface area contributed by atoms with Crippen LogP contribution in [0, 0.1) is 0 Å². The SMILES string of the molecule is COC(=O)c1ccc(C(O)C(O)CCNC(=O)OCc2ccccc2)c(OC)c1. The summed E-state index contributed by atoms with van der Waals surface area (Å²) in [4.78, 5) is 23.3. The van der Waals surface area contributed by atoms with Crippen LogP contribution in [0.4, 0.5) is 4.79 Å². The highest BCUT2D eigenvalue weighted by atomic mass is 16.5. The lowest BCUT2D eigenvalue weighted by Gasteiger charge is -2.20. The van der Waals surface area contributed by atoms with E-state index in [2.05, 4.69) is 10.1 Å². The maximum absolute atomic E-state index is 11.7. The molecule has 156 valence electrons. The lowest BCUT2D eigenvalue weighted by Crippen LogP contribution is -2.30. The van der Waals surface area contributed by atoms with Crippen molar-refractivity contribution in [3.8, 4) is 5.75 Å². The number of carbonyl (C=O) groups excluding carboxylic acids is 2. The predicted molar refractivity (Wildman–Crippen MR) is 105 cm³/mol. The number of nitrogens with one attached hydrogen (secondary N) is 1. The monoisotopic (exact) mass is 403 g/mol. The van der Waals surface area contributed by atoms with Crippen LogP contribution >= 0.6 is 0 Å². The third-order valence-corrected chi connectivity index (χ3v) is 4.26. The van der Waals surface area contributed by atoms with Gasteiger partial charge in [0.25, 0.3) is 0 Å². The van der Waals surface area contributed by atoms with Crippen LogP contribution in [0.5, 0.6) is 5.75 Å². The average Bonchev–Trinajstić information content (AvgIpc) is 2.76. The molecule has 2 atom stereocenters. The van der Waals surface area contributed by atoms with E-state index < -0.39 is 24.3 Å². The van der Waals surface area contributed by atoms with Gasteiger partial charge in [0, 0.05) is 12.1 Å². The number of benzene rings is 2. The molecule has 0 heterocycles. The van der Waals surface area contributed by atoms with Crippen LogP contribution in [0.15, 0.2) is 48.5 Å². The van der Waals surface area contributed by atoms with Crippen molar-refractivity contribution in [2.75, 3.05) is 20.8 Å². The van der Waals surface area contributed by atoms with Crippen LogP contribution in [0.3, 0.4) is 0 Å². The molecule has 0 saturated heterocycles. The number of hydrogen-bond acceptors (Lipinski definition) is 7. The molecule has 29 heavy (non-hydrogen) atoms. The third kappa shape index (κ3) is 6.48. The summed E-state index contributed by atoms with van der Waals surface area (Å²) in [5, 5.41) is 23.2. The van der Waals surface area contributed by atoms with Gasteiger partial charge in [-0.05, 0) is 24.1 Å². The molecule has 8 heteroatoms. The Morgan fingerprint density at radius 3 is 2.45 bits per heavy atom. The van der Waals surface area contributed by atoms with Gasteiger partial charge in [-0.25, -0.2) is 9.59 Å². The summed E-state index contributed by atoms with van der Waals surface area (Å²) in [5.41, 5.74) is 1.44. The number of aliphatic hydroxyl groups is 2. The van der Waals surface area contributed by atoms with Gasteiger partial charge in [-0.3, -0.25) is 0 Å². The smallest absolute Gasteiger partial charge is 0.407 e. The summed E-state index contributed by atoms with van der Waals surface area (Å²) < 4.78 is 14.9. The Balaban J connectivity index is 1.84. The van der Waals surface area contributed by atoms with Crippen molar-refractivity contribution in [2.45, 2.75) is 25.2 Å². The van der Waals surface area contributed by atoms with Gasteiger partial charge < -0.3 is 29.7 Å². The Bertz CT molecular complexity index is 810. The molecule has 0 fully saturated rings. The first-order chi connectivity index (χ1) is 14.0. The van der Waals surface area contributed by atoms with E-state index in [-0.39, 0.29) is 30.9 Å². The van der Waals surface area contributed by atoms with Crippen LogP contribution in [0.1, 0.15) is 34.0 Å². The Hall–Kier alpha value is -3.10. The molecule has 0 bridgehead atoms. The second kappa shape index (κ2) is 11.0. The minimum Gasteiger partial charge on any atom is -0.496 e. The Labute approximate surface area is 169 Å². The molecule has 0 spiro atoms. The van der Waals surface area contributed by atoms with Crippen molar-refractivity contribution in [3.63, 3.8) is 0 Å². The highest BCUT2D eigenvalue weighted by Gasteiger charge is 2.23. The molecule has 0 aliphatic heterocycles. The van der Waals surface area contributed by atoms with Crippen LogP contribution in [0.2, 0.25) is 0 Å². The number of methoxy groups -OCH3 is 2. The fraction of sp³-hybridized carbons (Fsp3) is 0.333. The molecule has 2 aromatic rings. The molecule has 0 aliphatic carbocycles. The molecule has 0 saturated carbocycles. The molecule has 0 aliphatic rings. The maximum atomic E-state index is 11.7. The van der Waals surface area contributed by atoms with Crippen molar-refractivity contribution >= 4 is 12.1 Å². The number of rotatable bonds is 9. The van der Waals surface area contributed by atoms with E-state index in [0.29, 0.717) is 5.56 Å². The van der Waals surface area contributed by atoms with E-state index in [1.54, 1.807) is 0 Å². The summed E-state index contributed by atoms with van der Waals surface area (Å²) in [5.74, 6) is -0.294. The minimum absolute atomic E-state index is 0.0868. The number of ether oxygens (including phenoxy) is 3. The van der Waals surface area contributed by atoms with Crippen LogP contribution in [-0.2, 0) is 16.1 Å². The highest BCUT2D eigenvalue weighted by Crippen LogP contribution is 2.29. The van der Waals surface area contributed by atoms with Gasteiger partial charge in [-0.15, -0.1) is 0 Å². The number of hydrogen-bond donors (Lipinski definition) is 3. The molecule has 0 radical (unpaired) electrons. The van der Waals surface area contributed by atoms with Crippen molar-refractivity contribution in [1.29, 1.82) is 0 Å². The van der Waals surface area contributed by atoms with Gasteiger partial charge in [0.05, 0.1) is 25.9 Å². The van der Waals surface area contributed by atoms with Gasteiger partial charge in [0.1, 0.15) is 18.5 Å². The van der Waals surface area contributed by atoms with Gasteiger partial charge in [-0.1, -0.05) is 36.4 Å². The van der Waals surface area contributed by atoms with E-state index in [9.17, 15) is 19.8 Å². The molecule has 8 nitrogen and oxygen atoms in total. The van der Waals surface area contributed by atoms with Gasteiger partial charge >= 0.3 is 12.1 Å². The fourth-order valence-electron chi connectivity index (χ4n) is 2.66. The fourth-order valence-corrected chi connectivity index (χ4v) is 2.66. The van der Waals surface area contributed by atoms with Crippen molar-refractivity contribution in [2.24, 2.45) is 0 Å². The lowest BCUT2D eigenvalue weighted by atomic mass is 9.99. The molecule has 2 rings (SSSR count). The topological polar surface area (TPSA) is 114 Å². The molecule has 2 aromatic carbocycles. The summed E-state index contributed by atoms with van der Waals surface area (Å²) in [7, 11) is 2.66. The normalized spacial score (nSPS) is 12.6. The zero-order chi connectivity index (χ0) is 21.2. The second-order valence-electron chi connectivity index (χ2n) is 6.24. The van der Waals surface area contributed by atoms with Crippen LogP contribution in [0.25, 0.3) is 0 Å². The van der Waals surface area contributed by atoms with E-state index in [1.807, 2.05) is 30.3 Å². The first-order valence-electron chi connectivity index (χ1n) is 9.03. The zero-order valence-electron chi connectivity index (χ0n) is 16.3. The van der Waals surface area contributed by atoms with Gasteiger partial charge in [0.2, 0.25) is 0 Å².